The predicted molar refractivity (Wildman–Crippen MR) is 137 cm³/mol. The van der Waals surface area contributed by atoms with E-state index < -0.39 is 27.9 Å². The fourth-order valence-corrected chi connectivity index (χ4v) is 5.76. The van der Waals surface area contributed by atoms with Crippen LogP contribution >= 0.6 is 22.9 Å². The molecule has 4 rings (SSSR count). The lowest BCUT2D eigenvalue weighted by atomic mass is 9.87. The normalized spacial score (nSPS) is 21.8. The first-order valence-corrected chi connectivity index (χ1v) is 13.8. The van der Waals surface area contributed by atoms with E-state index >= 15 is 0 Å². The van der Waals surface area contributed by atoms with Crippen molar-refractivity contribution in [3.63, 3.8) is 0 Å². The number of ketones is 1. The summed E-state index contributed by atoms with van der Waals surface area (Å²) in [6.45, 7) is 1.63. The monoisotopic (exact) mass is 551 g/mol. The van der Waals surface area contributed by atoms with Crippen LogP contribution in [0.5, 0.6) is 0 Å². The summed E-state index contributed by atoms with van der Waals surface area (Å²) in [5.74, 6) is -0.389. The molecule has 1 saturated carbocycles. The van der Waals surface area contributed by atoms with Crippen molar-refractivity contribution >= 4 is 44.8 Å². The molecule has 2 aromatic heterocycles. The Labute approximate surface area is 217 Å². The summed E-state index contributed by atoms with van der Waals surface area (Å²) in [5.41, 5.74) is 7.61. The van der Waals surface area contributed by atoms with E-state index in [1.807, 2.05) is 24.4 Å². The van der Waals surface area contributed by atoms with Gasteiger partial charge < -0.3 is 16.2 Å². The molecule has 0 radical (unpaired) electrons. The standard InChI is InChI=1S/C23H26ClN5O5S2/c1-23(25,14-3-2-4-16(24)6-14)15-7-20(35-11-15)21(31)18-9-27-12-28-22(18)29-17-5-13(19(30)8-17)10-34-36(26,32)33/h2-4,6-7,9,11-13,17,19,30H,5,8,10,25H2,1H3,(H2,26,32,33)(H,27,28,29)/t13-,17-,19+,23-/m1/s1. The molecular formula is C23H26ClN5O5S2. The number of nitrogens with zero attached hydrogens (tertiary/aromatic N) is 2. The second-order valence-corrected chi connectivity index (χ2v) is 11.5. The lowest BCUT2D eigenvalue weighted by Crippen LogP contribution is -2.33. The van der Waals surface area contributed by atoms with E-state index in [9.17, 15) is 18.3 Å². The fraction of sp³-hybridized carbons (Fsp3) is 0.348. The SMILES string of the molecule is C[C@@](N)(c1cccc(Cl)c1)c1csc(C(=O)c2cncnc2N[C@@H]2C[C@H](COS(N)(=O)=O)[C@@H](O)C2)c1. The molecule has 2 heterocycles. The summed E-state index contributed by atoms with van der Waals surface area (Å²) in [6.07, 6.45) is 2.69. The van der Waals surface area contributed by atoms with Crippen LogP contribution in [0.4, 0.5) is 5.82 Å². The number of carbonyl (C=O) groups is 1. The number of anilines is 1. The van der Waals surface area contributed by atoms with Crippen LogP contribution in [0.15, 0.2) is 48.2 Å². The molecule has 1 aromatic carbocycles. The zero-order valence-corrected chi connectivity index (χ0v) is 21.7. The van der Waals surface area contributed by atoms with Crippen LogP contribution in [0.3, 0.4) is 0 Å². The molecule has 1 fully saturated rings. The van der Waals surface area contributed by atoms with Crippen molar-refractivity contribution in [3.05, 3.63) is 74.8 Å². The molecule has 0 spiro atoms. The highest BCUT2D eigenvalue weighted by atomic mass is 35.5. The molecule has 1 aliphatic rings. The van der Waals surface area contributed by atoms with Gasteiger partial charge in [0.25, 0.3) is 0 Å². The lowest BCUT2D eigenvalue weighted by Gasteiger charge is -2.24. The van der Waals surface area contributed by atoms with Crippen LogP contribution in [0.2, 0.25) is 5.02 Å². The van der Waals surface area contributed by atoms with Crippen LogP contribution < -0.4 is 16.2 Å². The first-order chi connectivity index (χ1) is 16.9. The van der Waals surface area contributed by atoms with Crippen LogP contribution in [0.25, 0.3) is 0 Å². The Balaban J connectivity index is 1.50. The van der Waals surface area contributed by atoms with E-state index in [1.165, 1.54) is 23.9 Å². The van der Waals surface area contributed by atoms with E-state index in [2.05, 4.69) is 19.5 Å². The topological polar surface area (TPSA) is 171 Å². The minimum Gasteiger partial charge on any atom is -0.393 e. The molecule has 3 aromatic rings. The summed E-state index contributed by atoms with van der Waals surface area (Å²) < 4.78 is 26.8. The number of aliphatic hydroxyl groups is 1. The van der Waals surface area contributed by atoms with E-state index in [-0.39, 0.29) is 24.0 Å². The second-order valence-electron chi connectivity index (χ2n) is 8.94. The molecule has 4 atom stereocenters. The maximum atomic E-state index is 13.4. The number of hydrogen-bond acceptors (Lipinski definition) is 10. The molecule has 0 amide bonds. The Morgan fingerprint density at radius 3 is 2.83 bits per heavy atom. The molecule has 192 valence electrons. The van der Waals surface area contributed by atoms with Gasteiger partial charge in [0, 0.05) is 23.2 Å². The van der Waals surface area contributed by atoms with Gasteiger partial charge in [0.05, 0.1) is 28.7 Å². The van der Waals surface area contributed by atoms with Crippen LogP contribution in [-0.2, 0) is 20.0 Å². The van der Waals surface area contributed by atoms with Crippen molar-refractivity contribution < 1.29 is 22.5 Å². The van der Waals surface area contributed by atoms with Gasteiger partial charge in [0.15, 0.2) is 0 Å². The largest absolute Gasteiger partial charge is 0.393 e. The number of nitrogens with one attached hydrogen (secondary N) is 1. The molecule has 0 aliphatic heterocycles. The summed E-state index contributed by atoms with van der Waals surface area (Å²) in [4.78, 5) is 22.1. The van der Waals surface area contributed by atoms with Crippen LogP contribution in [0, 0.1) is 5.92 Å². The molecule has 0 bridgehead atoms. The van der Waals surface area contributed by atoms with E-state index in [0.29, 0.717) is 28.6 Å². The summed E-state index contributed by atoms with van der Waals surface area (Å²) in [5, 5.41) is 20.8. The lowest BCUT2D eigenvalue weighted by molar-refractivity contribution is 0.101. The third kappa shape index (κ3) is 6.09. The number of benzene rings is 1. The van der Waals surface area contributed by atoms with Crippen molar-refractivity contribution in [2.75, 3.05) is 11.9 Å². The van der Waals surface area contributed by atoms with Crippen molar-refractivity contribution in [1.29, 1.82) is 0 Å². The number of rotatable bonds is 9. The number of nitrogens with two attached hydrogens (primary N) is 2. The first kappa shape index (κ1) is 26.6. The van der Waals surface area contributed by atoms with Crippen molar-refractivity contribution in [2.24, 2.45) is 16.8 Å². The highest BCUT2D eigenvalue weighted by Crippen LogP contribution is 2.34. The Kier molecular flexibility index (Phi) is 7.76. The van der Waals surface area contributed by atoms with Gasteiger partial charge in [-0.3, -0.25) is 8.98 Å². The Morgan fingerprint density at radius 2 is 2.11 bits per heavy atom. The molecule has 13 heteroatoms. The third-order valence-corrected chi connectivity index (χ3v) is 7.88. The number of aliphatic hydroxyl groups excluding tert-OH is 1. The number of thiophene rings is 1. The summed E-state index contributed by atoms with van der Waals surface area (Å²) >= 11 is 7.40. The van der Waals surface area contributed by atoms with Crippen LogP contribution in [0.1, 0.15) is 46.1 Å². The third-order valence-electron chi connectivity index (χ3n) is 6.25. The second kappa shape index (κ2) is 10.5. The van der Waals surface area contributed by atoms with Crippen molar-refractivity contribution in [2.45, 2.75) is 37.5 Å². The molecule has 10 nitrogen and oxygen atoms in total. The molecular weight excluding hydrogens is 526 g/mol. The Bertz CT molecular complexity index is 1360. The van der Waals surface area contributed by atoms with Gasteiger partial charge in [-0.2, -0.15) is 8.42 Å². The van der Waals surface area contributed by atoms with Crippen molar-refractivity contribution in [1.82, 2.24) is 9.97 Å². The number of halogens is 1. The molecule has 6 N–H and O–H groups in total. The van der Waals surface area contributed by atoms with Gasteiger partial charge in [-0.15, -0.1) is 11.3 Å². The van der Waals surface area contributed by atoms with Gasteiger partial charge in [-0.05, 0) is 54.5 Å². The minimum atomic E-state index is -4.10. The number of hydrogen-bond donors (Lipinski definition) is 4. The maximum absolute atomic E-state index is 13.4. The van der Waals surface area contributed by atoms with E-state index in [4.69, 9.17) is 22.5 Å². The zero-order valence-electron chi connectivity index (χ0n) is 19.3. The van der Waals surface area contributed by atoms with Gasteiger partial charge in [0.2, 0.25) is 5.78 Å². The van der Waals surface area contributed by atoms with Gasteiger partial charge in [-0.1, -0.05) is 23.7 Å². The number of carbonyl (C=O) groups excluding carboxylic acids is 1. The quantitative estimate of drug-likeness (QED) is 0.291. The summed E-state index contributed by atoms with van der Waals surface area (Å²) in [7, 11) is -4.10. The zero-order chi connectivity index (χ0) is 26.1. The minimum absolute atomic E-state index is 0.226. The van der Waals surface area contributed by atoms with Gasteiger partial charge in [-0.25, -0.2) is 15.1 Å². The predicted octanol–water partition coefficient (Wildman–Crippen LogP) is 2.42. The van der Waals surface area contributed by atoms with E-state index in [0.717, 1.165) is 11.1 Å². The van der Waals surface area contributed by atoms with Gasteiger partial charge in [0.1, 0.15) is 12.1 Å². The molecule has 0 unspecified atom stereocenters. The molecule has 36 heavy (non-hydrogen) atoms. The fourth-order valence-electron chi connectivity index (χ4n) is 4.22. The maximum Gasteiger partial charge on any atom is 0.333 e. The Morgan fingerprint density at radius 1 is 1.33 bits per heavy atom. The molecule has 1 aliphatic carbocycles. The van der Waals surface area contributed by atoms with Crippen molar-refractivity contribution in [3.8, 4) is 0 Å². The van der Waals surface area contributed by atoms with Crippen LogP contribution in [-0.4, -0.2) is 48.0 Å². The van der Waals surface area contributed by atoms with Gasteiger partial charge >= 0.3 is 10.3 Å². The first-order valence-electron chi connectivity index (χ1n) is 11.0. The Hall–Kier alpha value is -2.45. The summed E-state index contributed by atoms with van der Waals surface area (Å²) in [6, 6.07) is 8.77. The average Bonchev–Trinajstić information content (AvgIpc) is 3.44. The average molecular weight is 552 g/mol. The highest BCUT2D eigenvalue weighted by Gasteiger charge is 2.35. The smallest absolute Gasteiger partial charge is 0.333 e. The highest BCUT2D eigenvalue weighted by molar-refractivity contribution is 7.84. The van der Waals surface area contributed by atoms with E-state index in [1.54, 1.807) is 18.2 Å². The molecule has 0 saturated heterocycles. The number of aromatic nitrogens is 2.